The van der Waals surface area contributed by atoms with E-state index in [0.29, 0.717) is 23.3 Å². The predicted octanol–water partition coefficient (Wildman–Crippen LogP) is 13.6. The molecule has 61 heavy (non-hydrogen) atoms. The summed E-state index contributed by atoms with van der Waals surface area (Å²) in [6, 6.07) is 55.0. The summed E-state index contributed by atoms with van der Waals surface area (Å²) in [5, 5.41) is 2.30. The number of fused-ring (bicyclic) bond motifs is 4. The minimum Gasteiger partial charge on any atom is -0.509 e. The van der Waals surface area contributed by atoms with Gasteiger partial charge < -0.3 is 19.1 Å². The number of hydrogen-bond donors (Lipinski definition) is 0. The Bertz CT molecular complexity index is 2920. The zero-order valence-electron chi connectivity index (χ0n) is 34.7. The maximum absolute atomic E-state index is 6.66. The number of anilines is 4. The number of aryl methyl sites for hydroxylation is 2. The molecule has 2 aromatic heterocycles. The summed E-state index contributed by atoms with van der Waals surface area (Å²) in [4.78, 5) is 9.56. The van der Waals surface area contributed by atoms with Gasteiger partial charge in [0.2, 0.25) is 0 Å². The van der Waals surface area contributed by atoms with E-state index in [2.05, 4.69) is 169 Å². The average Bonchev–Trinajstić information content (AvgIpc) is 3.82. The van der Waals surface area contributed by atoms with Crippen LogP contribution in [0.3, 0.4) is 0 Å². The zero-order chi connectivity index (χ0) is 40.1. The molecule has 0 N–H and O–H groups in total. The van der Waals surface area contributed by atoms with Crippen LogP contribution in [0.25, 0.3) is 27.6 Å². The van der Waals surface area contributed by atoms with Gasteiger partial charge >= 0.3 is 0 Å². The molecule has 0 saturated heterocycles. The molecule has 4 fully saturated rings. The first kappa shape index (κ1) is 38.3. The van der Waals surface area contributed by atoms with Crippen molar-refractivity contribution < 1.29 is 25.8 Å². The van der Waals surface area contributed by atoms with Gasteiger partial charge in [-0.15, -0.1) is 48.1 Å². The van der Waals surface area contributed by atoms with Crippen LogP contribution in [0, 0.1) is 63.2 Å². The first-order valence-electron chi connectivity index (χ1n) is 21.7. The van der Waals surface area contributed by atoms with Gasteiger partial charge in [-0.1, -0.05) is 66.2 Å². The van der Waals surface area contributed by atoms with Gasteiger partial charge in [-0.05, 0) is 152 Å². The molecule has 0 radical (unpaired) electrons. The third-order valence-electron chi connectivity index (χ3n) is 14.7. The molecule has 0 unspecified atom stereocenters. The second-order valence-electron chi connectivity index (χ2n) is 17.9. The van der Waals surface area contributed by atoms with Crippen LogP contribution in [0.4, 0.5) is 22.7 Å². The Kier molecular flexibility index (Phi) is 9.27. The van der Waals surface area contributed by atoms with E-state index >= 15 is 0 Å². The summed E-state index contributed by atoms with van der Waals surface area (Å²) in [6.07, 6.45) is 8.80. The van der Waals surface area contributed by atoms with Crippen LogP contribution >= 0.6 is 0 Å². The topological polar surface area (TPSA) is 33.5 Å². The molecular formula is C55H47N4OPt-3. The summed E-state index contributed by atoms with van der Waals surface area (Å²) >= 11 is 0. The monoisotopic (exact) mass is 974 g/mol. The van der Waals surface area contributed by atoms with Crippen molar-refractivity contribution in [1.29, 1.82) is 0 Å². The third-order valence-corrected chi connectivity index (χ3v) is 14.7. The van der Waals surface area contributed by atoms with Gasteiger partial charge in [-0.2, -0.15) is 12.1 Å². The average molecular weight is 975 g/mol. The number of aromatic nitrogens is 2. The minimum atomic E-state index is -0.0304. The summed E-state index contributed by atoms with van der Waals surface area (Å²) in [5.41, 5.74) is 13.4. The molecule has 4 aliphatic carbocycles. The molecule has 5 nitrogen and oxygen atoms in total. The number of nitrogens with zero attached hydrogens (tertiary/aromatic N) is 4. The number of hydrogen-bond acceptors (Lipinski definition) is 4. The van der Waals surface area contributed by atoms with Crippen molar-refractivity contribution in [2.75, 3.05) is 9.80 Å². The van der Waals surface area contributed by atoms with Crippen LogP contribution in [0.15, 0.2) is 140 Å². The van der Waals surface area contributed by atoms with Gasteiger partial charge in [-0.3, -0.25) is 0 Å². The van der Waals surface area contributed by atoms with Gasteiger partial charge in [0.25, 0.3) is 0 Å². The molecule has 4 bridgehead atoms. The Morgan fingerprint density at radius 1 is 0.623 bits per heavy atom. The molecular weight excluding hydrogens is 928 g/mol. The molecule has 3 heterocycles. The first-order valence-corrected chi connectivity index (χ1v) is 21.7. The van der Waals surface area contributed by atoms with Crippen LogP contribution in [0.5, 0.6) is 11.5 Å². The maximum Gasteiger partial charge on any atom is 0.135 e. The Balaban J connectivity index is 0.00000420. The maximum atomic E-state index is 6.66. The fraction of sp³-hybridized carbons (Fsp3) is 0.236. The normalized spacial score (nSPS) is 22.5. The minimum absolute atomic E-state index is 0. The second kappa shape index (κ2) is 14.8. The van der Waals surface area contributed by atoms with E-state index in [4.69, 9.17) is 9.72 Å². The molecule has 13 rings (SSSR count). The first-order chi connectivity index (χ1) is 29.4. The van der Waals surface area contributed by atoms with Gasteiger partial charge in [0, 0.05) is 66.8 Å². The van der Waals surface area contributed by atoms with Crippen molar-refractivity contribution in [1.82, 2.24) is 9.55 Å². The molecule has 6 heteroatoms. The molecule has 0 atom stereocenters. The van der Waals surface area contributed by atoms with E-state index in [-0.39, 0.29) is 26.5 Å². The summed E-state index contributed by atoms with van der Waals surface area (Å²) in [7, 11) is 0. The number of pyridine rings is 1. The number of para-hydroxylation sites is 4. The van der Waals surface area contributed by atoms with Crippen molar-refractivity contribution in [3.8, 4) is 17.3 Å². The van der Waals surface area contributed by atoms with Crippen molar-refractivity contribution in [3.05, 3.63) is 186 Å². The Hall–Kier alpha value is -5.64. The molecule has 306 valence electrons. The molecule has 6 aromatic carbocycles. The van der Waals surface area contributed by atoms with Crippen LogP contribution in [-0.2, 0) is 26.5 Å². The summed E-state index contributed by atoms with van der Waals surface area (Å²) < 4.78 is 8.97. The van der Waals surface area contributed by atoms with Gasteiger partial charge in [0.05, 0.1) is 0 Å². The van der Waals surface area contributed by atoms with Crippen LogP contribution in [0.1, 0.15) is 59.9 Å². The van der Waals surface area contributed by atoms with Crippen molar-refractivity contribution in [2.45, 2.75) is 58.3 Å². The molecule has 0 amide bonds. The second-order valence-corrected chi connectivity index (χ2v) is 17.9. The largest absolute Gasteiger partial charge is 0.509 e. The van der Waals surface area contributed by atoms with E-state index in [1.807, 2.05) is 24.3 Å². The quantitative estimate of drug-likeness (QED) is 0.149. The fourth-order valence-corrected chi connectivity index (χ4v) is 12.1. The van der Waals surface area contributed by atoms with Crippen LogP contribution in [-0.4, -0.2) is 9.55 Å². The fourth-order valence-electron chi connectivity index (χ4n) is 12.1. The number of rotatable bonds is 7. The van der Waals surface area contributed by atoms with Crippen LogP contribution < -0.4 is 14.5 Å². The molecule has 8 aromatic rings. The van der Waals surface area contributed by atoms with E-state index in [1.54, 1.807) is 0 Å². The Labute approximate surface area is 373 Å². The third kappa shape index (κ3) is 6.02. The number of benzene rings is 6. The summed E-state index contributed by atoms with van der Waals surface area (Å²) in [5.74, 6) is 5.20. The molecule has 5 aliphatic rings. The van der Waals surface area contributed by atoms with E-state index in [0.717, 1.165) is 56.8 Å². The number of ether oxygens (including phenoxy) is 1. The summed E-state index contributed by atoms with van der Waals surface area (Å²) in [6.45, 7) is 9.01. The molecule has 4 saturated carbocycles. The molecule has 0 spiro atoms. The molecule has 1 aliphatic heterocycles. The predicted molar refractivity (Wildman–Crippen MR) is 243 cm³/mol. The smallest absolute Gasteiger partial charge is 0.135 e. The Morgan fingerprint density at radius 3 is 2.05 bits per heavy atom. The van der Waals surface area contributed by atoms with E-state index in [9.17, 15) is 0 Å². The standard InChI is InChI=1S/C55H47N4O.Pt/c1-35-24-41(25-36(2)37(35)3)55(42-27-38-26-39(29-42)30-43(55)28-38)40-22-23-56-54(31-40)59-50-17-8-7-16-48(50)49-21-20-47(33-53(49)59)60-46-15-11-14-45(32-46)58-34-57(44-12-5-4-6-13-44)51-18-9-10-19-52(51)58;/h4-25,31,34,38-39,42-43H,26-30H2,1-3H3;/q-3;. The van der Waals surface area contributed by atoms with E-state index < -0.39 is 0 Å². The van der Waals surface area contributed by atoms with E-state index in [1.165, 1.54) is 65.3 Å². The van der Waals surface area contributed by atoms with Gasteiger partial charge in [0.15, 0.2) is 0 Å². The van der Waals surface area contributed by atoms with Crippen molar-refractivity contribution in [2.24, 2.45) is 23.7 Å². The zero-order valence-corrected chi connectivity index (χ0v) is 37.0. The van der Waals surface area contributed by atoms with Gasteiger partial charge in [-0.25, -0.2) is 4.98 Å². The van der Waals surface area contributed by atoms with Crippen molar-refractivity contribution in [3.63, 3.8) is 0 Å². The Morgan fingerprint density at radius 2 is 1.30 bits per heavy atom. The van der Waals surface area contributed by atoms with Gasteiger partial charge in [0.1, 0.15) is 5.82 Å². The van der Waals surface area contributed by atoms with Crippen LogP contribution in [0.2, 0.25) is 0 Å². The SMILES string of the molecule is Cc1cc(C2(c3ccnc(-n4c5[c-]c(Oc6[c-]c(N7[CH-]N(c8ccccc8)c8ccccc87)ccc6)ccc5c5ccccc54)c3)C3CC4CC(C3)CC2C4)cc(C)c1C.[Pt]. The van der Waals surface area contributed by atoms with Crippen molar-refractivity contribution >= 4 is 44.6 Å².